The molecule has 1 aliphatic carbocycles. The fourth-order valence-corrected chi connectivity index (χ4v) is 2.81. The maximum absolute atomic E-state index is 12.2. The normalized spacial score (nSPS) is 23.4. The van der Waals surface area contributed by atoms with E-state index in [0.29, 0.717) is 25.2 Å². The molecular formula is C17H34N2O4. The third kappa shape index (κ3) is 8.53. The van der Waals surface area contributed by atoms with Gasteiger partial charge in [0.25, 0.3) is 0 Å². The van der Waals surface area contributed by atoms with Crippen LogP contribution in [0.15, 0.2) is 0 Å². The Morgan fingerprint density at radius 1 is 1.30 bits per heavy atom. The highest BCUT2D eigenvalue weighted by molar-refractivity contribution is 5.68. The molecule has 6 nitrogen and oxygen atoms in total. The summed E-state index contributed by atoms with van der Waals surface area (Å²) in [6.45, 7) is 8.73. The summed E-state index contributed by atoms with van der Waals surface area (Å²) in [6, 6.07) is 0.480. The lowest BCUT2D eigenvalue weighted by Gasteiger charge is -2.31. The number of methoxy groups -OCH3 is 1. The lowest BCUT2D eigenvalue weighted by atomic mass is 9.93. The van der Waals surface area contributed by atoms with Crippen molar-refractivity contribution in [1.82, 2.24) is 10.2 Å². The standard InChI is InChI=1S/C17H34N2O4/c1-13(20)12-19(16(21)23-17(2,3)4)11-10-18-14-6-8-15(22-5)9-7-14/h13-15,18,20H,6-12H2,1-5H3. The fourth-order valence-electron chi connectivity index (χ4n) is 2.81. The summed E-state index contributed by atoms with van der Waals surface area (Å²) < 4.78 is 10.8. The van der Waals surface area contributed by atoms with Crippen LogP contribution < -0.4 is 5.32 Å². The van der Waals surface area contributed by atoms with Crippen molar-refractivity contribution in [3.8, 4) is 0 Å². The summed E-state index contributed by atoms with van der Waals surface area (Å²) in [7, 11) is 1.77. The largest absolute Gasteiger partial charge is 0.444 e. The highest BCUT2D eigenvalue weighted by atomic mass is 16.6. The molecule has 0 aromatic heterocycles. The number of aliphatic hydroxyl groups excluding tert-OH is 1. The number of rotatable bonds is 7. The van der Waals surface area contributed by atoms with Gasteiger partial charge in [-0.2, -0.15) is 0 Å². The maximum Gasteiger partial charge on any atom is 0.410 e. The minimum atomic E-state index is -0.570. The van der Waals surface area contributed by atoms with Crippen LogP contribution in [0.3, 0.4) is 0 Å². The van der Waals surface area contributed by atoms with Crippen LogP contribution in [0.1, 0.15) is 53.4 Å². The molecule has 1 unspecified atom stereocenters. The second-order valence-electron chi connectivity index (χ2n) is 7.44. The first kappa shape index (κ1) is 20.2. The first-order valence-electron chi connectivity index (χ1n) is 8.63. The molecule has 1 amide bonds. The second-order valence-corrected chi connectivity index (χ2v) is 7.44. The van der Waals surface area contributed by atoms with Gasteiger partial charge in [-0.25, -0.2) is 4.79 Å². The quantitative estimate of drug-likeness (QED) is 0.748. The van der Waals surface area contributed by atoms with E-state index in [4.69, 9.17) is 9.47 Å². The van der Waals surface area contributed by atoms with E-state index >= 15 is 0 Å². The Bertz CT molecular complexity index is 347. The van der Waals surface area contributed by atoms with E-state index in [2.05, 4.69) is 5.32 Å². The molecule has 6 heteroatoms. The van der Waals surface area contributed by atoms with Crippen molar-refractivity contribution in [1.29, 1.82) is 0 Å². The third-order valence-electron chi connectivity index (χ3n) is 3.96. The molecule has 0 aromatic carbocycles. The number of carbonyl (C=O) groups excluding carboxylic acids is 1. The molecule has 136 valence electrons. The topological polar surface area (TPSA) is 71.0 Å². The van der Waals surface area contributed by atoms with Crippen LogP contribution >= 0.6 is 0 Å². The van der Waals surface area contributed by atoms with Gasteiger partial charge in [0.05, 0.1) is 12.2 Å². The van der Waals surface area contributed by atoms with Gasteiger partial charge in [-0.05, 0) is 53.4 Å². The van der Waals surface area contributed by atoms with Crippen molar-refractivity contribution in [3.63, 3.8) is 0 Å². The fraction of sp³-hybridized carbons (Fsp3) is 0.941. The molecule has 23 heavy (non-hydrogen) atoms. The number of nitrogens with zero attached hydrogens (tertiary/aromatic N) is 1. The van der Waals surface area contributed by atoms with Crippen LogP contribution in [-0.4, -0.2) is 66.7 Å². The van der Waals surface area contributed by atoms with E-state index in [1.165, 1.54) is 0 Å². The highest BCUT2D eigenvalue weighted by Gasteiger charge is 2.24. The smallest absolute Gasteiger partial charge is 0.410 e. The van der Waals surface area contributed by atoms with Gasteiger partial charge in [0, 0.05) is 32.8 Å². The van der Waals surface area contributed by atoms with Crippen LogP contribution in [0.5, 0.6) is 0 Å². The molecule has 0 saturated heterocycles. The van der Waals surface area contributed by atoms with Gasteiger partial charge in [-0.1, -0.05) is 0 Å². The van der Waals surface area contributed by atoms with Gasteiger partial charge >= 0.3 is 6.09 Å². The lowest BCUT2D eigenvalue weighted by molar-refractivity contribution is 0.0160. The predicted molar refractivity (Wildman–Crippen MR) is 90.5 cm³/mol. The molecule has 0 heterocycles. The van der Waals surface area contributed by atoms with E-state index in [1.54, 1.807) is 18.9 Å². The minimum absolute atomic E-state index is 0.285. The molecule has 1 fully saturated rings. The van der Waals surface area contributed by atoms with Gasteiger partial charge in [-0.3, -0.25) is 0 Å². The lowest BCUT2D eigenvalue weighted by Crippen LogP contribution is -2.45. The van der Waals surface area contributed by atoms with E-state index < -0.39 is 11.7 Å². The number of nitrogens with one attached hydrogen (secondary N) is 1. The molecule has 0 aliphatic heterocycles. The number of carbonyl (C=O) groups is 1. The monoisotopic (exact) mass is 330 g/mol. The van der Waals surface area contributed by atoms with Gasteiger partial charge < -0.3 is 24.8 Å². The van der Waals surface area contributed by atoms with Crippen molar-refractivity contribution >= 4 is 6.09 Å². The van der Waals surface area contributed by atoms with Crippen molar-refractivity contribution in [3.05, 3.63) is 0 Å². The predicted octanol–water partition coefficient (Wildman–Crippen LogP) is 2.15. The van der Waals surface area contributed by atoms with E-state index in [-0.39, 0.29) is 12.6 Å². The SMILES string of the molecule is COC1CCC(NCCN(CC(C)O)C(=O)OC(C)(C)C)CC1. The van der Waals surface area contributed by atoms with Gasteiger partial charge in [0.15, 0.2) is 0 Å². The second kappa shape index (κ2) is 9.45. The molecule has 0 spiro atoms. The summed E-state index contributed by atoms with van der Waals surface area (Å²) in [6.07, 6.45) is 3.81. The highest BCUT2D eigenvalue weighted by Crippen LogP contribution is 2.20. The molecule has 0 bridgehead atoms. The zero-order chi connectivity index (χ0) is 17.5. The number of aliphatic hydroxyl groups is 1. The van der Waals surface area contributed by atoms with E-state index in [0.717, 1.165) is 25.7 Å². The summed E-state index contributed by atoms with van der Waals surface area (Å²) in [5.41, 5.74) is -0.528. The van der Waals surface area contributed by atoms with Crippen LogP contribution in [0.4, 0.5) is 4.79 Å². The summed E-state index contributed by atoms with van der Waals surface area (Å²) in [5.74, 6) is 0. The Balaban J connectivity index is 2.38. The van der Waals surface area contributed by atoms with Crippen molar-refractivity contribution in [2.75, 3.05) is 26.7 Å². The molecule has 0 aromatic rings. The van der Waals surface area contributed by atoms with Crippen LogP contribution in [0.2, 0.25) is 0 Å². The Morgan fingerprint density at radius 2 is 1.91 bits per heavy atom. The van der Waals surface area contributed by atoms with Gasteiger partial charge in [0.1, 0.15) is 5.60 Å². The van der Waals surface area contributed by atoms with Crippen molar-refractivity contribution in [2.45, 2.75) is 77.2 Å². The number of hydrogen-bond acceptors (Lipinski definition) is 5. The molecule has 1 rings (SSSR count). The Labute approximate surface area is 140 Å². The average molecular weight is 330 g/mol. The third-order valence-corrected chi connectivity index (χ3v) is 3.96. The summed E-state index contributed by atoms with van der Waals surface area (Å²) in [5, 5.41) is 13.1. The Hall–Kier alpha value is -0.850. The van der Waals surface area contributed by atoms with Gasteiger partial charge in [-0.15, -0.1) is 0 Å². The Kier molecular flexibility index (Phi) is 8.29. The number of hydrogen-bond donors (Lipinski definition) is 2. The zero-order valence-corrected chi connectivity index (χ0v) is 15.3. The van der Waals surface area contributed by atoms with Crippen LogP contribution in [0.25, 0.3) is 0 Å². The zero-order valence-electron chi connectivity index (χ0n) is 15.3. The van der Waals surface area contributed by atoms with Crippen molar-refractivity contribution < 1.29 is 19.4 Å². The van der Waals surface area contributed by atoms with Crippen LogP contribution in [0, 0.1) is 0 Å². The summed E-state index contributed by atoms with van der Waals surface area (Å²) >= 11 is 0. The number of amides is 1. The average Bonchev–Trinajstić information content (AvgIpc) is 2.44. The first-order chi connectivity index (χ1) is 10.7. The molecule has 1 aliphatic rings. The Morgan fingerprint density at radius 3 is 2.39 bits per heavy atom. The van der Waals surface area contributed by atoms with Crippen molar-refractivity contribution in [2.24, 2.45) is 0 Å². The summed E-state index contributed by atoms with van der Waals surface area (Å²) in [4.78, 5) is 13.8. The van der Waals surface area contributed by atoms with Gasteiger partial charge in [0.2, 0.25) is 0 Å². The molecule has 1 saturated carbocycles. The minimum Gasteiger partial charge on any atom is -0.444 e. The first-order valence-corrected chi connectivity index (χ1v) is 8.63. The molecule has 0 radical (unpaired) electrons. The molecular weight excluding hydrogens is 296 g/mol. The molecule has 2 N–H and O–H groups in total. The number of ether oxygens (including phenoxy) is 2. The molecule has 1 atom stereocenters. The van der Waals surface area contributed by atoms with Crippen LogP contribution in [-0.2, 0) is 9.47 Å². The van der Waals surface area contributed by atoms with E-state index in [9.17, 15) is 9.90 Å². The maximum atomic E-state index is 12.2. The van der Waals surface area contributed by atoms with E-state index in [1.807, 2.05) is 20.8 Å².